The van der Waals surface area contributed by atoms with Gasteiger partial charge in [-0.1, -0.05) is 64.1 Å². The third-order valence-corrected chi connectivity index (χ3v) is 16.9. The van der Waals surface area contributed by atoms with E-state index in [9.17, 15) is 4.79 Å². The smallest absolute Gasteiger partial charge is 0.268 e. The first-order valence-corrected chi connectivity index (χ1v) is 18.2. The first-order valence-electron chi connectivity index (χ1n) is 10.8. The van der Waals surface area contributed by atoms with Crippen LogP contribution in [0.1, 0.15) is 58.3 Å². The van der Waals surface area contributed by atoms with Gasteiger partial charge >= 0.3 is 0 Å². The summed E-state index contributed by atoms with van der Waals surface area (Å²) < 4.78 is 23.0. The molecule has 0 aliphatic carbocycles. The Labute approximate surface area is 203 Å². The van der Waals surface area contributed by atoms with Crippen LogP contribution in [0.25, 0.3) is 0 Å². The van der Waals surface area contributed by atoms with E-state index in [0.29, 0.717) is 0 Å². The Morgan fingerprint density at radius 1 is 1.10 bits per heavy atom. The predicted octanol–water partition coefficient (Wildman–Crippen LogP) is 5.10. The molecule has 1 aromatic heterocycles. The van der Waals surface area contributed by atoms with Crippen molar-refractivity contribution in [3.05, 3.63) is 18.2 Å². The Hall–Kier alpha value is -0.276. The van der Waals surface area contributed by atoms with Crippen LogP contribution in [0.15, 0.2) is 12.5 Å². The summed E-state index contributed by atoms with van der Waals surface area (Å²) in [6.45, 7) is 22.4. The van der Waals surface area contributed by atoms with Crippen LogP contribution >= 0.6 is 22.6 Å². The summed E-state index contributed by atoms with van der Waals surface area (Å²) in [5, 5.41) is 0.103. The fourth-order valence-corrected chi connectivity index (χ4v) is 6.29. The lowest BCUT2D eigenvalue weighted by molar-refractivity contribution is -0.0263. The van der Waals surface area contributed by atoms with E-state index in [1.54, 1.807) is 12.5 Å². The molecule has 1 saturated heterocycles. The summed E-state index contributed by atoms with van der Waals surface area (Å²) in [5.41, 5.74) is 5.65. The number of nitrogens with two attached hydrogens (primary N) is 1. The number of hydrogen-bond donors (Lipinski definition) is 1. The molecule has 0 spiro atoms. The number of carbonyl (C=O) groups is 1. The molecule has 2 N–H and O–H groups in total. The topological polar surface area (TPSA) is 88.6 Å². The molecule has 2 heterocycles. The molecule has 1 aliphatic heterocycles. The van der Waals surface area contributed by atoms with Crippen LogP contribution in [-0.2, 0) is 13.6 Å². The number of halogens is 1. The summed E-state index contributed by atoms with van der Waals surface area (Å²) >= 11 is 2.35. The normalized spacial score (nSPS) is 25.8. The van der Waals surface area contributed by atoms with Gasteiger partial charge in [0.25, 0.3) is 5.91 Å². The number of aromatic nitrogens is 2. The van der Waals surface area contributed by atoms with Gasteiger partial charge in [0.1, 0.15) is 17.9 Å². The molecule has 1 amide bonds. The highest BCUT2D eigenvalue weighted by atomic mass is 127. The molecule has 0 unspecified atom stereocenters. The van der Waals surface area contributed by atoms with Gasteiger partial charge in [0.15, 0.2) is 22.9 Å². The molecule has 1 fully saturated rings. The van der Waals surface area contributed by atoms with Gasteiger partial charge in [-0.15, -0.1) is 0 Å². The highest BCUT2D eigenvalue weighted by molar-refractivity contribution is 14.1. The maximum atomic E-state index is 11.6. The van der Waals surface area contributed by atoms with E-state index in [1.807, 2.05) is 4.57 Å². The van der Waals surface area contributed by atoms with E-state index in [2.05, 4.69) is 95.3 Å². The van der Waals surface area contributed by atoms with E-state index in [4.69, 9.17) is 19.3 Å². The van der Waals surface area contributed by atoms with Gasteiger partial charge in [-0.3, -0.25) is 4.79 Å². The van der Waals surface area contributed by atoms with Crippen LogP contribution in [0, 0.1) is 0 Å². The van der Waals surface area contributed by atoms with Crippen molar-refractivity contribution >= 4 is 45.1 Å². The third kappa shape index (κ3) is 5.81. The lowest BCUT2D eigenvalue weighted by Crippen LogP contribution is -2.53. The van der Waals surface area contributed by atoms with Crippen LogP contribution in [0.4, 0.5) is 0 Å². The Kier molecular flexibility index (Phi) is 7.98. The molecule has 10 heteroatoms. The number of ether oxygens (including phenoxy) is 1. The molecule has 2 rings (SSSR count). The molecule has 0 radical (unpaired) electrons. The van der Waals surface area contributed by atoms with Crippen molar-refractivity contribution in [2.75, 3.05) is 4.43 Å². The number of nitrogens with zero attached hydrogens (tertiary/aromatic N) is 2. The van der Waals surface area contributed by atoms with Crippen molar-refractivity contribution in [3.8, 4) is 0 Å². The van der Waals surface area contributed by atoms with Crippen molar-refractivity contribution in [2.24, 2.45) is 5.73 Å². The summed E-state index contributed by atoms with van der Waals surface area (Å²) in [4.78, 5) is 15.8. The molecule has 1 aliphatic rings. The van der Waals surface area contributed by atoms with Crippen LogP contribution in [0.2, 0.25) is 36.3 Å². The first-order chi connectivity index (χ1) is 13.9. The standard InChI is InChI=1S/C21H40IN3O4Si2/c1-20(2,3)30(7,8)28-16-15(11-22)27-19(25-12-14(18(23)26)24-13-25)17(16)29-31(9,10)21(4,5)6/h12-13,15-17,19H,11H2,1-10H3,(H2,23,26)/t15-,16-,17-,19-/m1/s1. The second-order valence-corrected chi connectivity index (χ2v) is 21.9. The van der Waals surface area contributed by atoms with Gasteiger partial charge in [0, 0.05) is 10.6 Å². The lowest BCUT2D eigenvalue weighted by Gasteiger charge is -2.44. The quantitative estimate of drug-likeness (QED) is 0.275. The molecule has 0 aromatic carbocycles. The maximum Gasteiger partial charge on any atom is 0.268 e. The van der Waals surface area contributed by atoms with Gasteiger partial charge in [0.05, 0.1) is 12.4 Å². The molecule has 4 atom stereocenters. The van der Waals surface area contributed by atoms with Gasteiger partial charge in [-0.2, -0.15) is 0 Å². The highest BCUT2D eigenvalue weighted by Crippen LogP contribution is 2.45. The van der Waals surface area contributed by atoms with E-state index < -0.39 is 28.8 Å². The van der Waals surface area contributed by atoms with Crippen molar-refractivity contribution in [3.63, 3.8) is 0 Å². The average Bonchev–Trinajstić information content (AvgIpc) is 3.18. The Bertz CT molecular complexity index is 786. The number of alkyl halides is 1. The molecule has 7 nitrogen and oxygen atoms in total. The number of rotatable bonds is 7. The van der Waals surface area contributed by atoms with Gasteiger partial charge < -0.3 is 23.9 Å². The Morgan fingerprint density at radius 3 is 1.97 bits per heavy atom. The monoisotopic (exact) mass is 581 g/mol. The van der Waals surface area contributed by atoms with Gasteiger partial charge in [-0.25, -0.2) is 4.98 Å². The molecule has 178 valence electrons. The zero-order valence-electron chi connectivity index (χ0n) is 20.7. The largest absolute Gasteiger partial charge is 0.408 e. The van der Waals surface area contributed by atoms with Crippen LogP contribution in [-0.4, -0.2) is 54.8 Å². The minimum Gasteiger partial charge on any atom is -0.408 e. The van der Waals surface area contributed by atoms with Gasteiger partial charge in [-0.05, 0) is 36.3 Å². The number of carbonyl (C=O) groups excluding carboxylic acids is 1. The second-order valence-electron chi connectivity index (χ2n) is 11.5. The number of primary amides is 1. The zero-order valence-corrected chi connectivity index (χ0v) is 24.8. The SMILES string of the molecule is CC(C)(C)[Si](C)(C)O[C@@H]1[C@H](O[Si](C)(C)C(C)(C)C)[C@@H](CI)O[C@H]1n1cnc(C(N)=O)c1. The molecular weight excluding hydrogens is 541 g/mol. The minimum atomic E-state index is -2.14. The summed E-state index contributed by atoms with van der Waals surface area (Å²) in [7, 11) is -4.22. The lowest BCUT2D eigenvalue weighted by atomic mass is 10.1. The van der Waals surface area contributed by atoms with E-state index in [-0.39, 0.29) is 34.1 Å². The van der Waals surface area contributed by atoms with Crippen LogP contribution in [0.5, 0.6) is 0 Å². The van der Waals surface area contributed by atoms with Crippen molar-refractivity contribution in [1.82, 2.24) is 9.55 Å². The van der Waals surface area contributed by atoms with Crippen LogP contribution < -0.4 is 5.73 Å². The first kappa shape index (κ1) is 27.0. The van der Waals surface area contributed by atoms with Crippen molar-refractivity contribution < 1.29 is 18.4 Å². The number of hydrogen-bond acceptors (Lipinski definition) is 5. The fourth-order valence-electron chi connectivity index (χ4n) is 2.98. The number of amides is 1. The summed E-state index contributed by atoms with van der Waals surface area (Å²) in [6, 6.07) is 0. The number of imidazole rings is 1. The van der Waals surface area contributed by atoms with Crippen LogP contribution in [0.3, 0.4) is 0 Å². The molecular formula is C21H40IN3O4Si2. The van der Waals surface area contributed by atoms with E-state index in [1.165, 1.54) is 0 Å². The zero-order chi connectivity index (χ0) is 24.0. The molecule has 1 aromatic rings. The average molecular weight is 582 g/mol. The summed E-state index contributed by atoms with van der Waals surface area (Å²) in [6.07, 6.45) is 2.21. The fraction of sp³-hybridized carbons (Fsp3) is 0.810. The minimum absolute atomic E-state index is 0.0365. The maximum absolute atomic E-state index is 11.6. The van der Waals surface area contributed by atoms with Crippen molar-refractivity contribution in [1.29, 1.82) is 0 Å². The predicted molar refractivity (Wildman–Crippen MR) is 138 cm³/mol. The molecule has 0 bridgehead atoms. The Morgan fingerprint density at radius 2 is 1.58 bits per heavy atom. The summed E-state index contributed by atoms with van der Waals surface area (Å²) in [5.74, 6) is -0.557. The Balaban J connectivity index is 2.50. The highest BCUT2D eigenvalue weighted by Gasteiger charge is 2.53. The molecule has 0 saturated carbocycles. The van der Waals surface area contributed by atoms with E-state index >= 15 is 0 Å². The second kappa shape index (κ2) is 9.17. The third-order valence-electron chi connectivity index (χ3n) is 7.06. The molecule has 31 heavy (non-hydrogen) atoms. The van der Waals surface area contributed by atoms with Gasteiger partial charge in [0.2, 0.25) is 0 Å². The van der Waals surface area contributed by atoms with E-state index in [0.717, 1.165) is 4.43 Å². The van der Waals surface area contributed by atoms with Crippen molar-refractivity contribution in [2.45, 2.75) is 102 Å².